The summed E-state index contributed by atoms with van der Waals surface area (Å²) < 4.78 is 10.9. The molecule has 0 bridgehead atoms. The van der Waals surface area contributed by atoms with Crippen molar-refractivity contribution in [3.8, 4) is 5.75 Å². The van der Waals surface area contributed by atoms with Crippen molar-refractivity contribution in [3.63, 3.8) is 0 Å². The fourth-order valence-corrected chi connectivity index (χ4v) is 4.67. The molecule has 1 atom stereocenters. The molecule has 3 rings (SSSR count). The lowest BCUT2D eigenvalue weighted by molar-refractivity contribution is 0.0519. The first-order valence-corrected chi connectivity index (χ1v) is 10.0. The van der Waals surface area contributed by atoms with Gasteiger partial charge in [0.2, 0.25) is 0 Å². The molecule has 1 heterocycles. The lowest BCUT2D eigenvalue weighted by Crippen LogP contribution is -2.32. The van der Waals surface area contributed by atoms with Crippen molar-refractivity contribution < 1.29 is 9.47 Å². The Morgan fingerprint density at radius 1 is 0.920 bits per heavy atom. The quantitative estimate of drug-likeness (QED) is 0.578. The van der Waals surface area contributed by atoms with Crippen LogP contribution in [0.5, 0.6) is 5.75 Å². The Morgan fingerprint density at radius 3 is 2.40 bits per heavy atom. The van der Waals surface area contributed by atoms with E-state index < -0.39 is 0 Å². The van der Waals surface area contributed by atoms with Crippen molar-refractivity contribution in [2.24, 2.45) is 0 Å². The summed E-state index contributed by atoms with van der Waals surface area (Å²) in [6, 6.07) is 13.3. The van der Waals surface area contributed by atoms with Crippen LogP contribution in [0.3, 0.4) is 0 Å². The first-order chi connectivity index (χ1) is 12.2. The van der Waals surface area contributed by atoms with Crippen LogP contribution < -0.4 is 20.2 Å². The van der Waals surface area contributed by atoms with Gasteiger partial charge in [-0.05, 0) is 56.9 Å². The highest BCUT2D eigenvalue weighted by atomic mass is 31.1. The van der Waals surface area contributed by atoms with Crippen molar-refractivity contribution in [2.45, 2.75) is 33.1 Å². The first kappa shape index (κ1) is 18.2. The monoisotopic (exact) mass is 357 g/mol. The maximum Gasteiger partial charge on any atom is 0.188 e. The van der Waals surface area contributed by atoms with Gasteiger partial charge < -0.3 is 14.4 Å². The van der Waals surface area contributed by atoms with Crippen LogP contribution in [0.4, 0.5) is 5.69 Å². The zero-order chi connectivity index (χ0) is 17.6. The van der Waals surface area contributed by atoms with E-state index in [1.807, 2.05) is 0 Å². The molecule has 1 saturated heterocycles. The third kappa shape index (κ3) is 4.74. The number of anilines is 1. The summed E-state index contributed by atoms with van der Waals surface area (Å²) >= 11 is 0. The highest BCUT2D eigenvalue weighted by Crippen LogP contribution is 2.28. The van der Waals surface area contributed by atoms with Crippen LogP contribution in [0.2, 0.25) is 0 Å². The van der Waals surface area contributed by atoms with Gasteiger partial charge >= 0.3 is 0 Å². The van der Waals surface area contributed by atoms with Crippen LogP contribution in [-0.2, 0) is 4.74 Å². The summed E-state index contributed by atoms with van der Waals surface area (Å²) in [5.41, 5.74) is 3.99. The molecule has 0 radical (unpaired) electrons. The zero-order valence-electron chi connectivity index (χ0n) is 15.5. The second-order valence-corrected chi connectivity index (χ2v) is 8.07. The fourth-order valence-electron chi connectivity index (χ4n) is 3.28. The minimum absolute atomic E-state index is 0.285. The van der Waals surface area contributed by atoms with Gasteiger partial charge in [0.15, 0.2) is 6.79 Å². The van der Waals surface area contributed by atoms with Crippen molar-refractivity contribution in [2.75, 3.05) is 31.9 Å². The maximum absolute atomic E-state index is 5.79. The maximum atomic E-state index is 5.79. The molecular weight excluding hydrogens is 329 g/mol. The van der Waals surface area contributed by atoms with Gasteiger partial charge in [0.25, 0.3) is 0 Å². The SMILES string of the molecule is COCOc1ccc(C)cc1Pc1ccc(C)cc1N1CCCCC1. The summed E-state index contributed by atoms with van der Waals surface area (Å²) in [6.07, 6.45) is 3.94. The Hall–Kier alpha value is -1.57. The number of hydrogen-bond donors (Lipinski definition) is 0. The van der Waals surface area contributed by atoms with Gasteiger partial charge in [-0.25, -0.2) is 0 Å². The number of aryl methyl sites for hydroxylation is 2. The molecule has 1 fully saturated rings. The van der Waals surface area contributed by atoms with Crippen molar-refractivity contribution in [3.05, 3.63) is 47.5 Å². The predicted octanol–water partition coefficient (Wildman–Crippen LogP) is 3.91. The molecule has 1 aliphatic heterocycles. The third-order valence-corrected chi connectivity index (χ3v) is 5.94. The van der Waals surface area contributed by atoms with Crippen LogP contribution in [0, 0.1) is 13.8 Å². The Labute approximate surface area is 153 Å². The van der Waals surface area contributed by atoms with Gasteiger partial charge in [0, 0.05) is 36.5 Å². The summed E-state index contributed by atoms with van der Waals surface area (Å²) in [7, 11) is 2.24. The molecule has 3 nitrogen and oxygen atoms in total. The Balaban J connectivity index is 1.91. The molecule has 0 amide bonds. The second kappa shape index (κ2) is 8.69. The van der Waals surface area contributed by atoms with Crippen LogP contribution >= 0.6 is 8.58 Å². The summed E-state index contributed by atoms with van der Waals surface area (Å²) in [6.45, 7) is 6.94. The number of piperidine rings is 1. The summed E-state index contributed by atoms with van der Waals surface area (Å²) in [5.74, 6) is 0.927. The molecule has 2 aromatic carbocycles. The van der Waals surface area contributed by atoms with Gasteiger partial charge in [0.05, 0.1) is 0 Å². The van der Waals surface area contributed by atoms with Gasteiger partial charge in [-0.1, -0.05) is 32.3 Å². The van der Waals surface area contributed by atoms with Crippen LogP contribution in [0.1, 0.15) is 30.4 Å². The molecule has 1 unspecified atom stereocenters. The normalized spacial score (nSPS) is 15.1. The van der Waals surface area contributed by atoms with Crippen LogP contribution in [0.25, 0.3) is 0 Å². The number of rotatable bonds is 6. The summed E-state index contributed by atoms with van der Waals surface area (Å²) in [4.78, 5) is 2.56. The Bertz CT molecular complexity index is 711. The highest BCUT2D eigenvalue weighted by Gasteiger charge is 2.16. The average Bonchev–Trinajstić information content (AvgIpc) is 2.63. The zero-order valence-corrected chi connectivity index (χ0v) is 16.5. The first-order valence-electron chi connectivity index (χ1n) is 9.02. The molecule has 0 aliphatic carbocycles. The molecular formula is C21H28NO2P. The van der Waals surface area contributed by atoms with E-state index in [0.717, 1.165) is 5.75 Å². The van der Waals surface area contributed by atoms with Crippen molar-refractivity contribution in [1.82, 2.24) is 0 Å². The minimum Gasteiger partial charge on any atom is -0.467 e. The largest absolute Gasteiger partial charge is 0.467 e. The topological polar surface area (TPSA) is 21.7 Å². The van der Waals surface area contributed by atoms with E-state index in [0.29, 0.717) is 8.58 Å². The predicted molar refractivity (Wildman–Crippen MR) is 109 cm³/mol. The Morgan fingerprint density at radius 2 is 1.64 bits per heavy atom. The van der Waals surface area contributed by atoms with E-state index in [4.69, 9.17) is 9.47 Å². The number of nitrogens with zero attached hydrogens (tertiary/aromatic N) is 1. The van der Waals surface area contributed by atoms with Gasteiger partial charge in [-0.2, -0.15) is 0 Å². The molecule has 1 aliphatic rings. The van der Waals surface area contributed by atoms with Gasteiger partial charge in [0.1, 0.15) is 5.75 Å². The lowest BCUT2D eigenvalue weighted by Gasteiger charge is -2.31. The number of methoxy groups -OCH3 is 1. The van der Waals surface area contributed by atoms with Gasteiger partial charge in [-0.3, -0.25) is 0 Å². The van der Waals surface area contributed by atoms with E-state index in [2.05, 4.69) is 55.1 Å². The third-order valence-electron chi connectivity index (χ3n) is 4.59. The van der Waals surface area contributed by atoms with E-state index in [1.165, 1.54) is 59.8 Å². The molecule has 0 N–H and O–H groups in total. The highest BCUT2D eigenvalue weighted by molar-refractivity contribution is 7.56. The van der Waals surface area contributed by atoms with Crippen molar-refractivity contribution in [1.29, 1.82) is 0 Å². The number of ether oxygens (including phenoxy) is 2. The molecule has 0 spiro atoms. The molecule has 0 aromatic heterocycles. The average molecular weight is 357 g/mol. The number of hydrogen-bond acceptors (Lipinski definition) is 3. The molecule has 0 saturated carbocycles. The molecule has 134 valence electrons. The van der Waals surface area contributed by atoms with Crippen LogP contribution in [0.15, 0.2) is 36.4 Å². The van der Waals surface area contributed by atoms with E-state index in [-0.39, 0.29) is 6.79 Å². The smallest absolute Gasteiger partial charge is 0.188 e. The fraction of sp³-hybridized carbons (Fsp3) is 0.429. The molecule has 25 heavy (non-hydrogen) atoms. The van der Waals surface area contributed by atoms with Gasteiger partial charge in [-0.15, -0.1) is 0 Å². The van der Waals surface area contributed by atoms with Crippen LogP contribution in [-0.4, -0.2) is 27.0 Å². The Kier molecular flexibility index (Phi) is 6.34. The van der Waals surface area contributed by atoms with E-state index >= 15 is 0 Å². The van der Waals surface area contributed by atoms with Crippen molar-refractivity contribution >= 4 is 24.9 Å². The summed E-state index contributed by atoms with van der Waals surface area (Å²) in [5, 5.41) is 2.65. The molecule has 2 aromatic rings. The van der Waals surface area contributed by atoms with E-state index in [1.54, 1.807) is 7.11 Å². The lowest BCUT2D eigenvalue weighted by atomic mass is 10.1. The molecule has 4 heteroatoms. The van der Waals surface area contributed by atoms with E-state index in [9.17, 15) is 0 Å². The number of benzene rings is 2. The minimum atomic E-state index is 0.285. The standard InChI is InChI=1S/C21H28NO2P/c1-16-8-10-20(18(13-16)22-11-5-4-6-12-22)25-21-14-17(2)7-9-19(21)24-15-23-3/h7-10,13-14,25H,4-6,11-12,15H2,1-3H3. The second-order valence-electron chi connectivity index (χ2n) is 6.74.